The highest BCUT2D eigenvalue weighted by Crippen LogP contribution is 2.25. The molecule has 180 valence electrons. The summed E-state index contributed by atoms with van der Waals surface area (Å²) in [4.78, 5) is 14.4. The van der Waals surface area contributed by atoms with Crippen LogP contribution in [-0.2, 0) is 16.4 Å². The summed E-state index contributed by atoms with van der Waals surface area (Å²) >= 11 is 0. The first-order valence-electron chi connectivity index (χ1n) is 10.4. The summed E-state index contributed by atoms with van der Waals surface area (Å²) in [5, 5.41) is 19.0. The molecule has 0 aliphatic rings. The summed E-state index contributed by atoms with van der Waals surface area (Å²) in [6.45, 7) is 0.202. The highest BCUT2D eigenvalue weighted by atomic mass is 32.2. The average molecular weight is 487 g/mol. The molecular formula is C24H26N2O7S. The Kier molecular flexibility index (Phi) is 8.61. The molecule has 0 heterocycles. The van der Waals surface area contributed by atoms with Gasteiger partial charge in [-0.05, 0) is 53.9 Å². The van der Waals surface area contributed by atoms with Crippen LogP contribution < -0.4 is 14.3 Å². The molecule has 0 aromatic heterocycles. The van der Waals surface area contributed by atoms with E-state index in [1.165, 1.54) is 37.4 Å². The van der Waals surface area contributed by atoms with Crippen molar-refractivity contribution in [1.29, 1.82) is 0 Å². The second-order valence-corrected chi connectivity index (χ2v) is 8.93. The van der Waals surface area contributed by atoms with Crippen LogP contribution in [0.5, 0.6) is 11.5 Å². The van der Waals surface area contributed by atoms with Crippen molar-refractivity contribution in [2.45, 2.75) is 17.7 Å². The quantitative estimate of drug-likeness (QED) is 0.216. The fourth-order valence-electron chi connectivity index (χ4n) is 3.20. The van der Waals surface area contributed by atoms with Crippen molar-refractivity contribution in [1.82, 2.24) is 10.0 Å². The van der Waals surface area contributed by atoms with E-state index in [2.05, 4.69) is 0 Å². The summed E-state index contributed by atoms with van der Waals surface area (Å²) in [5.41, 5.74) is 1.31. The Labute approximate surface area is 198 Å². The molecule has 0 radical (unpaired) electrons. The van der Waals surface area contributed by atoms with E-state index < -0.39 is 15.9 Å². The molecule has 0 fully saturated rings. The molecule has 0 aliphatic heterocycles. The Bertz CT molecular complexity index is 1220. The molecule has 34 heavy (non-hydrogen) atoms. The first-order chi connectivity index (χ1) is 16.3. The number of benzene rings is 3. The van der Waals surface area contributed by atoms with Crippen LogP contribution in [0.15, 0.2) is 77.7 Å². The first-order valence-corrected chi connectivity index (χ1v) is 11.9. The Morgan fingerprint density at radius 2 is 1.76 bits per heavy atom. The van der Waals surface area contributed by atoms with Crippen LogP contribution in [0, 0.1) is 0 Å². The number of hydrazine groups is 1. The van der Waals surface area contributed by atoms with E-state index in [9.17, 15) is 18.4 Å². The lowest BCUT2D eigenvalue weighted by Gasteiger charge is -2.18. The van der Waals surface area contributed by atoms with Gasteiger partial charge in [-0.2, -0.15) is 0 Å². The summed E-state index contributed by atoms with van der Waals surface area (Å²) in [5.74, 6) is -0.176. The lowest BCUT2D eigenvalue weighted by atomic mass is 10.0. The zero-order valence-electron chi connectivity index (χ0n) is 18.5. The van der Waals surface area contributed by atoms with Crippen molar-refractivity contribution in [3.63, 3.8) is 0 Å². The number of hydroxylamine groups is 1. The number of hydrogen-bond donors (Lipinski definition) is 3. The number of methoxy groups -OCH3 is 1. The number of amides is 1. The average Bonchev–Trinajstić information content (AvgIpc) is 2.84. The van der Waals surface area contributed by atoms with Crippen molar-refractivity contribution >= 4 is 15.9 Å². The third-order valence-corrected chi connectivity index (χ3v) is 6.24. The summed E-state index contributed by atoms with van der Waals surface area (Å²) < 4.78 is 36.8. The van der Waals surface area contributed by atoms with Gasteiger partial charge in [0.05, 0.1) is 18.6 Å². The molecule has 10 heteroatoms. The number of carbonyl (C=O) groups excluding carboxylic acids is 1. The Hall–Kier alpha value is -3.44. The maximum absolute atomic E-state index is 13.1. The standard InChI is InChI=1S/C24H26N2O7S/c1-32-21-11-12-23(20(17-21)15-18-7-3-2-4-8-18)34(30,31)25-26(29)24(28)19-9-5-10-22(16-19)33-14-6-13-27/h2-5,7-12,16-17,25,27,29H,6,13-15H2,1H3. The molecule has 0 saturated heterocycles. The van der Waals surface area contributed by atoms with Gasteiger partial charge in [-0.1, -0.05) is 41.2 Å². The third kappa shape index (κ3) is 6.55. The minimum absolute atomic E-state index is 0.00550. The van der Waals surface area contributed by atoms with Crippen molar-refractivity contribution in [3.8, 4) is 11.5 Å². The number of hydrogen-bond acceptors (Lipinski definition) is 7. The molecule has 0 saturated carbocycles. The van der Waals surface area contributed by atoms with Gasteiger partial charge in [0.1, 0.15) is 11.5 Å². The summed E-state index contributed by atoms with van der Waals surface area (Å²) in [7, 11) is -2.85. The van der Waals surface area contributed by atoms with E-state index in [-0.39, 0.29) is 28.8 Å². The van der Waals surface area contributed by atoms with Crippen LogP contribution in [0.3, 0.4) is 0 Å². The molecule has 0 bridgehead atoms. The van der Waals surface area contributed by atoms with Gasteiger partial charge in [0.25, 0.3) is 15.9 Å². The number of nitrogens with one attached hydrogen (secondary N) is 1. The van der Waals surface area contributed by atoms with Crippen molar-refractivity contribution in [2.24, 2.45) is 0 Å². The number of sulfonamides is 1. The van der Waals surface area contributed by atoms with E-state index in [0.29, 0.717) is 29.9 Å². The van der Waals surface area contributed by atoms with E-state index in [1.807, 2.05) is 35.2 Å². The lowest BCUT2D eigenvalue weighted by Crippen LogP contribution is -2.44. The number of carbonyl (C=O) groups is 1. The monoisotopic (exact) mass is 486 g/mol. The van der Waals surface area contributed by atoms with Crippen LogP contribution in [0.4, 0.5) is 0 Å². The number of aliphatic hydroxyl groups excluding tert-OH is 1. The highest BCUT2D eigenvalue weighted by Gasteiger charge is 2.25. The number of aliphatic hydroxyl groups is 1. The summed E-state index contributed by atoms with van der Waals surface area (Å²) in [6.07, 6.45) is 0.707. The van der Waals surface area contributed by atoms with Gasteiger partial charge in [0.2, 0.25) is 0 Å². The minimum atomic E-state index is -4.33. The molecule has 0 unspecified atom stereocenters. The molecule has 0 atom stereocenters. The second-order valence-electron chi connectivity index (χ2n) is 7.30. The Morgan fingerprint density at radius 1 is 1.00 bits per heavy atom. The van der Waals surface area contributed by atoms with E-state index >= 15 is 0 Å². The van der Waals surface area contributed by atoms with Gasteiger partial charge in [0, 0.05) is 18.6 Å². The Morgan fingerprint density at radius 3 is 2.47 bits per heavy atom. The van der Waals surface area contributed by atoms with Gasteiger partial charge in [-0.3, -0.25) is 10.0 Å². The predicted molar refractivity (Wildman–Crippen MR) is 124 cm³/mol. The maximum atomic E-state index is 13.1. The molecule has 9 nitrogen and oxygen atoms in total. The van der Waals surface area contributed by atoms with Crippen LogP contribution in [-0.4, -0.2) is 50.1 Å². The Balaban J connectivity index is 1.81. The first kappa shape index (κ1) is 25.2. The van der Waals surface area contributed by atoms with Crippen molar-refractivity contribution in [2.75, 3.05) is 20.3 Å². The van der Waals surface area contributed by atoms with Crippen LogP contribution >= 0.6 is 0 Å². The summed E-state index contributed by atoms with van der Waals surface area (Å²) in [6, 6.07) is 19.6. The highest BCUT2D eigenvalue weighted by molar-refractivity contribution is 7.89. The molecule has 3 N–H and O–H groups in total. The number of nitrogens with zero attached hydrogens (tertiary/aromatic N) is 1. The fraction of sp³-hybridized carbons (Fsp3) is 0.208. The topological polar surface area (TPSA) is 125 Å². The molecule has 3 aromatic rings. The fourth-order valence-corrected chi connectivity index (χ4v) is 4.33. The van der Waals surface area contributed by atoms with Crippen molar-refractivity contribution < 1.29 is 33.0 Å². The minimum Gasteiger partial charge on any atom is -0.497 e. The van der Waals surface area contributed by atoms with Crippen LogP contribution in [0.25, 0.3) is 0 Å². The predicted octanol–water partition coefficient (Wildman–Crippen LogP) is 2.77. The zero-order chi connectivity index (χ0) is 24.6. The molecule has 0 spiro atoms. The molecule has 0 aliphatic carbocycles. The van der Waals surface area contributed by atoms with Crippen LogP contribution in [0.1, 0.15) is 27.9 Å². The molecule has 1 amide bonds. The smallest absolute Gasteiger partial charge is 0.293 e. The zero-order valence-corrected chi connectivity index (χ0v) is 19.4. The molecule has 3 aromatic carbocycles. The molecular weight excluding hydrogens is 460 g/mol. The van der Waals surface area contributed by atoms with Gasteiger partial charge >= 0.3 is 0 Å². The number of rotatable bonds is 11. The van der Waals surface area contributed by atoms with E-state index in [0.717, 1.165) is 5.56 Å². The lowest BCUT2D eigenvalue weighted by molar-refractivity contribution is -0.0761. The van der Waals surface area contributed by atoms with Crippen molar-refractivity contribution in [3.05, 3.63) is 89.5 Å². The normalized spacial score (nSPS) is 11.1. The number of ether oxygens (including phenoxy) is 2. The largest absolute Gasteiger partial charge is 0.497 e. The second kappa shape index (κ2) is 11.6. The van der Waals surface area contributed by atoms with Crippen LogP contribution in [0.2, 0.25) is 0 Å². The third-order valence-electron chi connectivity index (χ3n) is 4.85. The van der Waals surface area contributed by atoms with E-state index in [4.69, 9.17) is 14.6 Å². The molecule has 3 rings (SSSR count). The maximum Gasteiger partial charge on any atom is 0.293 e. The van der Waals surface area contributed by atoms with Gasteiger partial charge in [0.15, 0.2) is 0 Å². The van der Waals surface area contributed by atoms with Gasteiger partial charge < -0.3 is 14.6 Å². The SMILES string of the molecule is COc1ccc(S(=O)(=O)NN(O)C(=O)c2cccc(OCCCO)c2)c(Cc2ccccc2)c1. The van der Waals surface area contributed by atoms with E-state index in [1.54, 1.807) is 12.1 Å². The van der Waals surface area contributed by atoms with Gasteiger partial charge in [-0.15, -0.1) is 5.17 Å². The van der Waals surface area contributed by atoms with Gasteiger partial charge in [-0.25, -0.2) is 8.42 Å².